The van der Waals surface area contributed by atoms with Crippen LogP contribution in [0.2, 0.25) is 0 Å². The standard InChI is InChI=1S/C15H23N3OS/c1-15(2,3)17-7-12-5-6-19-14(12)9-18(4)8-13-10-20-11-16-13/h5-6,10-11,17H,7-9H2,1-4H3. The molecule has 5 heteroatoms. The third kappa shape index (κ3) is 4.74. The summed E-state index contributed by atoms with van der Waals surface area (Å²) in [5, 5.41) is 5.58. The van der Waals surface area contributed by atoms with Gasteiger partial charge in [-0.25, -0.2) is 4.98 Å². The first-order valence-electron chi connectivity index (χ1n) is 6.80. The maximum atomic E-state index is 5.62. The number of aromatic nitrogens is 1. The third-order valence-electron chi connectivity index (χ3n) is 2.98. The van der Waals surface area contributed by atoms with Crippen LogP contribution in [0.15, 0.2) is 27.6 Å². The Hall–Kier alpha value is -1.17. The Kier molecular flexibility index (Phi) is 4.96. The fourth-order valence-electron chi connectivity index (χ4n) is 1.92. The van der Waals surface area contributed by atoms with Gasteiger partial charge in [0.2, 0.25) is 0 Å². The van der Waals surface area contributed by atoms with Crippen LogP contribution in [0.25, 0.3) is 0 Å². The van der Waals surface area contributed by atoms with Crippen LogP contribution in [0, 0.1) is 0 Å². The highest BCUT2D eigenvalue weighted by atomic mass is 32.1. The molecule has 2 aromatic heterocycles. The molecule has 0 aliphatic carbocycles. The number of nitrogens with zero attached hydrogens (tertiary/aromatic N) is 2. The van der Waals surface area contributed by atoms with E-state index in [0.717, 1.165) is 31.1 Å². The largest absolute Gasteiger partial charge is 0.468 e. The third-order valence-corrected chi connectivity index (χ3v) is 3.61. The van der Waals surface area contributed by atoms with Crippen molar-refractivity contribution in [3.8, 4) is 0 Å². The SMILES string of the molecule is CN(Cc1cscn1)Cc1occc1CNC(C)(C)C. The normalized spacial score (nSPS) is 12.2. The van der Waals surface area contributed by atoms with Crippen molar-refractivity contribution >= 4 is 11.3 Å². The lowest BCUT2D eigenvalue weighted by Crippen LogP contribution is -2.35. The Morgan fingerprint density at radius 2 is 2.15 bits per heavy atom. The first kappa shape index (κ1) is 15.2. The molecule has 20 heavy (non-hydrogen) atoms. The number of rotatable bonds is 6. The Labute approximate surface area is 124 Å². The summed E-state index contributed by atoms with van der Waals surface area (Å²) in [6.07, 6.45) is 1.77. The van der Waals surface area contributed by atoms with Gasteiger partial charge in [0.1, 0.15) is 5.76 Å². The average molecular weight is 293 g/mol. The van der Waals surface area contributed by atoms with Crippen LogP contribution in [0.1, 0.15) is 37.8 Å². The van der Waals surface area contributed by atoms with Crippen molar-refractivity contribution in [3.63, 3.8) is 0 Å². The van der Waals surface area contributed by atoms with Crippen LogP contribution in [-0.4, -0.2) is 22.5 Å². The molecular formula is C15H23N3OS. The van der Waals surface area contributed by atoms with Crippen molar-refractivity contribution in [3.05, 3.63) is 40.2 Å². The molecule has 0 amide bonds. The number of thiazole rings is 1. The smallest absolute Gasteiger partial charge is 0.122 e. The molecular weight excluding hydrogens is 270 g/mol. The van der Waals surface area contributed by atoms with Gasteiger partial charge in [0.15, 0.2) is 0 Å². The predicted octanol–water partition coefficient (Wildman–Crippen LogP) is 3.26. The summed E-state index contributed by atoms with van der Waals surface area (Å²) in [6.45, 7) is 8.98. The molecule has 0 unspecified atom stereocenters. The van der Waals surface area contributed by atoms with Crippen molar-refractivity contribution in [2.45, 2.75) is 45.9 Å². The number of hydrogen-bond donors (Lipinski definition) is 1. The molecule has 0 atom stereocenters. The lowest BCUT2D eigenvalue weighted by Gasteiger charge is -2.21. The molecule has 2 heterocycles. The van der Waals surface area contributed by atoms with E-state index in [-0.39, 0.29) is 5.54 Å². The monoisotopic (exact) mass is 293 g/mol. The zero-order valence-corrected chi connectivity index (χ0v) is 13.5. The summed E-state index contributed by atoms with van der Waals surface area (Å²) in [6, 6.07) is 2.05. The summed E-state index contributed by atoms with van der Waals surface area (Å²) in [4.78, 5) is 6.53. The maximum absolute atomic E-state index is 5.62. The van der Waals surface area contributed by atoms with Gasteiger partial charge in [-0.1, -0.05) is 0 Å². The first-order valence-corrected chi connectivity index (χ1v) is 7.74. The first-order chi connectivity index (χ1) is 9.44. The van der Waals surface area contributed by atoms with E-state index in [4.69, 9.17) is 4.42 Å². The van der Waals surface area contributed by atoms with Crippen LogP contribution >= 0.6 is 11.3 Å². The fourth-order valence-corrected chi connectivity index (χ4v) is 2.47. The van der Waals surface area contributed by atoms with Crippen molar-refractivity contribution < 1.29 is 4.42 Å². The van der Waals surface area contributed by atoms with E-state index in [1.807, 2.05) is 11.6 Å². The summed E-state index contributed by atoms with van der Waals surface area (Å²) in [5.74, 6) is 1.03. The highest BCUT2D eigenvalue weighted by Gasteiger charge is 2.13. The molecule has 110 valence electrons. The zero-order chi connectivity index (χ0) is 14.6. The minimum atomic E-state index is 0.112. The number of hydrogen-bond acceptors (Lipinski definition) is 5. The molecule has 0 aliphatic heterocycles. The minimum absolute atomic E-state index is 0.112. The molecule has 0 bridgehead atoms. The highest BCUT2D eigenvalue weighted by molar-refractivity contribution is 7.07. The summed E-state index contributed by atoms with van der Waals surface area (Å²) < 4.78 is 5.62. The van der Waals surface area contributed by atoms with Gasteiger partial charge in [0, 0.05) is 29.6 Å². The molecule has 0 aromatic carbocycles. The second-order valence-corrected chi connectivity index (χ2v) is 6.84. The van der Waals surface area contributed by atoms with E-state index in [0.29, 0.717) is 0 Å². The molecule has 0 saturated carbocycles. The minimum Gasteiger partial charge on any atom is -0.468 e. The predicted molar refractivity (Wildman–Crippen MR) is 82.6 cm³/mol. The molecule has 1 N–H and O–H groups in total. The van der Waals surface area contributed by atoms with Crippen molar-refractivity contribution in [2.75, 3.05) is 7.05 Å². The van der Waals surface area contributed by atoms with E-state index < -0.39 is 0 Å². The van der Waals surface area contributed by atoms with Gasteiger partial charge in [-0.3, -0.25) is 4.90 Å². The Balaban J connectivity index is 1.91. The summed E-state index contributed by atoms with van der Waals surface area (Å²) in [5.41, 5.74) is 4.32. The molecule has 0 radical (unpaired) electrons. The van der Waals surface area contributed by atoms with E-state index in [2.05, 4.69) is 48.4 Å². The van der Waals surface area contributed by atoms with Gasteiger partial charge >= 0.3 is 0 Å². The molecule has 2 rings (SSSR count). The van der Waals surface area contributed by atoms with Crippen LogP contribution in [-0.2, 0) is 19.6 Å². The van der Waals surface area contributed by atoms with Gasteiger partial charge in [-0.15, -0.1) is 11.3 Å². The maximum Gasteiger partial charge on any atom is 0.122 e. The molecule has 0 fully saturated rings. The van der Waals surface area contributed by atoms with Gasteiger partial charge in [0.05, 0.1) is 24.0 Å². The van der Waals surface area contributed by atoms with E-state index in [1.54, 1.807) is 17.6 Å². The highest BCUT2D eigenvalue weighted by Crippen LogP contribution is 2.15. The van der Waals surface area contributed by atoms with Crippen LogP contribution < -0.4 is 5.32 Å². The quantitative estimate of drug-likeness (QED) is 0.887. The Morgan fingerprint density at radius 1 is 1.35 bits per heavy atom. The van der Waals surface area contributed by atoms with Gasteiger partial charge in [-0.2, -0.15) is 0 Å². The van der Waals surface area contributed by atoms with Crippen LogP contribution in [0.4, 0.5) is 0 Å². The van der Waals surface area contributed by atoms with Crippen LogP contribution in [0.5, 0.6) is 0 Å². The van der Waals surface area contributed by atoms with Crippen molar-refractivity contribution in [2.24, 2.45) is 0 Å². The van der Waals surface area contributed by atoms with Crippen molar-refractivity contribution in [1.82, 2.24) is 15.2 Å². The summed E-state index contributed by atoms with van der Waals surface area (Å²) >= 11 is 1.63. The lowest BCUT2D eigenvalue weighted by atomic mass is 10.1. The Morgan fingerprint density at radius 3 is 2.80 bits per heavy atom. The van der Waals surface area contributed by atoms with Gasteiger partial charge < -0.3 is 9.73 Å². The summed E-state index contributed by atoms with van der Waals surface area (Å²) in [7, 11) is 2.09. The Bertz CT molecular complexity index is 513. The van der Waals surface area contributed by atoms with Crippen LogP contribution in [0.3, 0.4) is 0 Å². The fraction of sp³-hybridized carbons (Fsp3) is 0.533. The van der Waals surface area contributed by atoms with E-state index >= 15 is 0 Å². The van der Waals surface area contributed by atoms with E-state index in [9.17, 15) is 0 Å². The van der Waals surface area contributed by atoms with Gasteiger partial charge in [0.25, 0.3) is 0 Å². The van der Waals surface area contributed by atoms with E-state index in [1.165, 1.54) is 5.56 Å². The second kappa shape index (κ2) is 6.52. The average Bonchev–Trinajstić information content (AvgIpc) is 2.97. The second-order valence-electron chi connectivity index (χ2n) is 6.12. The molecule has 0 saturated heterocycles. The molecule has 0 aliphatic rings. The van der Waals surface area contributed by atoms with Crippen molar-refractivity contribution in [1.29, 1.82) is 0 Å². The molecule has 2 aromatic rings. The number of nitrogens with one attached hydrogen (secondary N) is 1. The lowest BCUT2D eigenvalue weighted by molar-refractivity contribution is 0.282. The zero-order valence-electron chi connectivity index (χ0n) is 12.6. The number of furan rings is 1. The molecule has 0 spiro atoms. The topological polar surface area (TPSA) is 41.3 Å². The molecule has 4 nitrogen and oxygen atoms in total. The van der Waals surface area contributed by atoms with Gasteiger partial charge in [-0.05, 0) is 33.9 Å².